The van der Waals surface area contributed by atoms with Crippen LogP contribution >= 0.6 is 0 Å². The number of carboxylic acids is 2. The normalized spacial score (nSPS) is 16.8. The van der Waals surface area contributed by atoms with E-state index in [2.05, 4.69) is 66.4 Å². The highest BCUT2D eigenvalue weighted by Gasteiger charge is 2.28. The number of hydrogen-bond donors (Lipinski definition) is 2. The molecule has 2 saturated heterocycles. The Morgan fingerprint density at radius 1 is 0.700 bits per heavy atom. The number of carboxylic acid groups (broad SMARTS) is 2. The number of aromatic carboxylic acids is 2. The fourth-order valence-corrected chi connectivity index (χ4v) is 9.15. The number of ether oxygens (including phenoxy) is 1. The van der Waals surface area contributed by atoms with Gasteiger partial charge in [0.1, 0.15) is 29.2 Å². The molecule has 0 bridgehead atoms. The van der Waals surface area contributed by atoms with Crippen LogP contribution in [0.25, 0.3) is 22.1 Å². The summed E-state index contributed by atoms with van der Waals surface area (Å²) in [5, 5.41) is 21.1. The fourth-order valence-electron chi connectivity index (χ4n) is 9.15. The monoisotopic (exact) mass is 810 g/mol. The first kappa shape index (κ1) is 41.2. The Morgan fingerprint density at radius 3 is 1.97 bits per heavy atom. The summed E-state index contributed by atoms with van der Waals surface area (Å²) in [5.74, 6) is 0.591. The van der Waals surface area contributed by atoms with E-state index in [1.165, 1.54) is 47.6 Å². The highest BCUT2D eigenvalue weighted by atomic mass is 16.5. The van der Waals surface area contributed by atoms with Crippen LogP contribution in [0.5, 0.6) is 5.75 Å². The standard InChI is InChI=1S/C25H29N3O3.C24H29N3O2/c29-25(30)21-4-1-2-6-23(21)31-15-14-27-12-9-19(10-13-27)22-17-28(16-18-7-8-18)24-20(22)5-3-11-26-24;1-2-3-12-27-17-22(21-8-5-11-25-23(21)27)19-9-13-26(14-10-19)16-18-6-4-7-20(15-18)24(28)29/h1-6,11,17-19H,7-10,12-16H2,(H,29,30);4-8,11,15,17,19H,2-3,9-10,12-14,16H2,1H3,(H,28,29). The van der Waals surface area contributed by atoms with Crippen LogP contribution in [-0.4, -0.2) is 90.4 Å². The van der Waals surface area contributed by atoms with Crippen molar-refractivity contribution in [3.63, 3.8) is 0 Å². The largest absolute Gasteiger partial charge is 0.491 e. The second-order valence-electron chi connectivity index (χ2n) is 16.9. The van der Waals surface area contributed by atoms with Crippen LogP contribution in [0.2, 0.25) is 0 Å². The van der Waals surface area contributed by atoms with Gasteiger partial charge in [-0.15, -0.1) is 0 Å². The molecule has 3 fully saturated rings. The van der Waals surface area contributed by atoms with Gasteiger partial charge in [0.25, 0.3) is 0 Å². The number of likely N-dealkylation sites (tertiary alicyclic amines) is 2. The maximum atomic E-state index is 11.3. The van der Waals surface area contributed by atoms with E-state index in [1.54, 1.807) is 30.3 Å². The van der Waals surface area contributed by atoms with E-state index in [4.69, 9.17) is 4.74 Å². The molecule has 0 amide bonds. The van der Waals surface area contributed by atoms with Crippen molar-refractivity contribution in [2.75, 3.05) is 39.3 Å². The van der Waals surface area contributed by atoms with Crippen molar-refractivity contribution in [2.24, 2.45) is 5.92 Å². The molecule has 1 saturated carbocycles. The summed E-state index contributed by atoms with van der Waals surface area (Å²) in [6, 6.07) is 22.7. The zero-order chi connectivity index (χ0) is 41.4. The molecule has 11 heteroatoms. The number of benzene rings is 2. The van der Waals surface area contributed by atoms with Crippen molar-refractivity contribution < 1.29 is 24.5 Å². The zero-order valence-corrected chi connectivity index (χ0v) is 34.8. The van der Waals surface area contributed by atoms with Crippen molar-refractivity contribution >= 4 is 34.0 Å². The molecule has 4 aromatic heterocycles. The third kappa shape index (κ3) is 9.91. The van der Waals surface area contributed by atoms with Gasteiger partial charge in [-0.3, -0.25) is 9.80 Å². The minimum Gasteiger partial charge on any atom is -0.491 e. The Kier molecular flexibility index (Phi) is 13.2. The first-order valence-electron chi connectivity index (χ1n) is 21.9. The topological polar surface area (TPSA) is 126 Å². The molecule has 2 aromatic carbocycles. The van der Waals surface area contributed by atoms with Gasteiger partial charge in [0.15, 0.2) is 0 Å². The summed E-state index contributed by atoms with van der Waals surface area (Å²) < 4.78 is 10.5. The number of rotatable bonds is 15. The van der Waals surface area contributed by atoms with Gasteiger partial charge in [-0.25, -0.2) is 19.6 Å². The maximum Gasteiger partial charge on any atom is 0.339 e. The van der Waals surface area contributed by atoms with Gasteiger partial charge in [0.2, 0.25) is 0 Å². The third-order valence-electron chi connectivity index (χ3n) is 12.7. The van der Waals surface area contributed by atoms with Crippen LogP contribution in [0, 0.1) is 5.92 Å². The SMILES string of the molecule is CCCCn1cc(C2CCN(Cc3cccc(C(=O)O)c3)CC2)c2cccnc21.O=C(O)c1ccccc1OCCN1CCC(c2cn(CC3CC3)c3ncccc23)CC1. The Balaban J connectivity index is 0.000000167. The summed E-state index contributed by atoms with van der Waals surface area (Å²) in [4.78, 5) is 36.7. The predicted octanol–water partition coefficient (Wildman–Crippen LogP) is 9.32. The molecule has 314 valence electrons. The molecule has 2 N–H and O–H groups in total. The quantitative estimate of drug-likeness (QED) is 0.104. The molecule has 3 aliphatic rings. The van der Waals surface area contributed by atoms with Crippen molar-refractivity contribution in [3.05, 3.63) is 125 Å². The van der Waals surface area contributed by atoms with Crippen LogP contribution < -0.4 is 4.74 Å². The number of para-hydroxylation sites is 1. The minimum absolute atomic E-state index is 0.220. The van der Waals surface area contributed by atoms with E-state index >= 15 is 0 Å². The van der Waals surface area contributed by atoms with Crippen molar-refractivity contribution in [2.45, 2.75) is 89.8 Å². The molecular weight excluding hydrogens is 753 g/mol. The van der Waals surface area contributed by atoms with Gasteiger partial charge in [-0.05, 0) is 154 Å². The van der Waals surface area contributed by atoms with Crippen molar-refractivity contribution in [1.82, 2.24) is 28.9 Å². The average Bonchev–Trinajstić information content (AvgIpc) is 3.92. The van der Waals surface area contributed by atoms with Crippen LogP contribution in [0.1, 0.15) is 108 Å². The maximum absolute atomic E-state index is 11.3. The third-order valence-corrected chi connectivity index (χ3v) is 12.7. The molecule has 0 atom stereocenters. The van der Waals surface area contributed by atoms with Gasteiger partial charge < -0.3 is 24.1 Å². The van der Waals surface area contributed by atoms with Gasteiger partial charge in [-0.1, -0.05) is 37.6 Å². The van der Waals surface area contributed by atoms with E-state index in [9.17, 15) is 19.8 Å². The first-order chi connectivity index (χ1) is 29.3. The average molecular weight is 811 g/mol. The minimum atomic E-state index is -0.952. The molecule has 0 radical (unpaired) electrons. The van der Waals surface area contributed by atoms with Gasteiger partial charge in [0.05, 0.1) is 5.56 Å². The van der Waals surface area contributed by atoms with Gasteiger partial charge in [-0.2, -0.15) is 0 Å². The number of carbonyl (C=O) groups is 2. The number of aryl methyl sites for hydroxylation is 1. The van der Waals surface area contributed by atoms with Crippen molar-refractivity contribution in [3.8, 4) is 5.75 Å². The van der Waals surface area contributed by atoms with E-state index < -0.39 is 11.9 Å². The van der Waals surface area contributed by atoms with Crippen LogP contribution in [0.4, 0.5) is 0 Å². The Morgan fingerprint density at radius 2 is 1.33 bits per heavy atom. The number of aromatic nitrogens is 4. The molecule has 0 unspecified atom stereocenters. The Labute approximate surface area is 352 Å². The summed E-state index contributed by atoms with van der Waals surface area (Å²) in [6.07, 6.45) is 18.1. The van der Waals surface area contributed by atoms with E-state index in [0.717, 1.165) is 101 Å². The summed E-state index contributed by atoms with van der Waals surface area (Å²) in [5.41, 5.74) is 6.80. The summed E-state index contributed by atoms with van der Waals surface area (Å²) in [7, 11) is 0. The lowest BCUT2D eigenvalue weighted by atomic mass is 9.89. The first-order valence-corrected chi connectivity index (χ1v) is 21.9. The number of nitrogens with zero attached hydrogens (tertiary/aromatic N) is 6. The van der Waals surface area contributed by atoms with E-state index in [0.29, 0.717) is 29.8 Å². The van der Waals surface area contributed by atoms with Gasteiger partial charge in [0, 0.05) is 61.7 Å². The number of unbranched alkanes of at least 4 members (excludes halogenated alkanes) is 1. The fraction of sp³-hybridized carbons (Fsp3) is 0.429. The number of fused-ring (bicyclic) bond motifs is 2. The molecular formula is C49H58N6O5. The van der Waals surface area contributed by atoms with Crippen LogP contribution in [0.15, 0.2) is 97.6 Å². The Hall–Kier alpha value is -5.52. The number of pyridine rings is 2. The smallest absolute Gasteiger partial charge is 0.339 e. The lowest BCUT2D eigenvalue weighted by Crippen LogP contribution is -2.35. The molecule has 2 aliphatic heterocycles. The number of piperidine rings is 2. The van der Waals surface area contributed by atoms with Gasteiger partial charge >= 0.3 is 11.9 Å². The lowest BCUT2D eigenvalue weighted by molar-refractivity contribution is 0.0682. The molecule has 6 heterocycles. The van der Waals surface area contributed by atoms with Crippen LogP contribution in [0.3, 0.4) is 0 Å². The summed E-state index contributed by atoms with van der Waals surface area (Å²) >= 11 is 0. The highest BCUT2D eigenvalue weighted by molar-refractivity contribution is 5.90. The molecule has 60 heavy (non-hydrogen) atoms. The van der Waals surface area contributed by atoms with E-state index in [1.807, 2.05) is 36.7 Å². The molecule has 9 rings (SSSR count). The predicted molar refractivity (Wildman–Crippen MR) is 235 cm³/mol. The lowest BCUT2D eigenvalue weighted by Gasteiger charge is -2.32. The van der Waals surface area contributed by atoms with Crippen molar-refractivity contribution in [1.29, 1.82) is 0 Å². The Bertz CT molecular complexity index is 2380. The molecule has 1 aliphatic carbocycles. The number of hydrogen-bond acceptors (Lipinski definition) is 7. The second-order valence-corrected chi connectivity index (χ2v) is 16.9. The van der Waals surface area contributed by atoms with Crippen LogP contribution in [-0.2, 0) is 19.6 Å². The molecule has 0 spiro atoms. The molecule has 11 nitrogen and oxygen atoms in total. The highest BCUT2D eigenvalue weighted by Crippen LogP contribution is 2.37. The second kappa shape index (κ2) is 19.2. The summed E-state index contributed by atoms with van der Waals surface area (Å²) in [6.45, 7) is 10.6. The van der Waals surface area contributed by atoms with E-state index in [-0.39, 0.29) is 5.56 Å². The zero-order valence-electron chi connectivity index (χ0n) is 34.8. The molecule has 6 aromatic rings.